The van der Waals surface area contributed by atoms with E-state index in [0.29, 0.717) is 17.5 Å². The maximum absolute atomic E-state index is 16.1. The van der Waals surface area contributed by atoms with Gasteiger partial charge in [0.1, 0.15) is 17.7 Å². The van der Waals surface area contributed by atoms with Gasteiger partial charge in [0.05, 0.1) is 28.9 Å². The monoisotopic (exact) mass is 651 g/mol. The SMILES string of the molecule is COc1ccc(CN2Cc3c(ccc(Nc4cc(C5CCC(Oc6nscc6C6CC6)C5)nn4C(C)(C)C)c3F)S2(=O)=O)cc1. The number of benzene rings is 2. The summed E-state index contributed by atoms with van der Waals surface area (Å²) in [4.78, 5) is 0.00559. The van der Waals surface area contributed by atoms with Crippen LogP contribution in [0.15, 0.2) is 52.7 Å². The Hall–Kier alpha value is -3.48. The Balaban J connectivity index is 1.10. The highest BCUT2D eigenvalue weighted by molar-refractivity contribution is 7.89. The normalized spacial score (nSPS) is 21.2. The highest BCUT2D eigenvalue weighted by atomic mass is 32.2. The first-order chi connectivity index (χ1) is 21.5. The van der Waals surface area contributed by atoms with Crippen molar-refractivity contribution in [2.45, 2.75) is 94.3 Å². The molecule has 3 aliphatic rings. The van der Waals surface area contributed by atoms with Crippen LogP contribution in [0.4, 0.5) is 15.9 Å². The molecule has 2 unspecified atom stereocenters. The molecule has 2 fully saturated rings. The fourth-order valence-electron chi connectivity index (χ4n) is 6.36. The van der Waals surface area contributed by atoms with E-state index in [4.69, 9.17) is 14.6 Å². The summed E-state index contributed by atoms with van der Waals surface area (Å²) in [7, 11) is -2.26. The van der Waals surface area contributed by atoms with Crippen molar-refractivity contribution >= 4 is 33.1 Å². The van der Waals surface area contributed by atoms with Gasteiger partial charge in [-0.05, 0) is 100 Å². The highest BCUT2D eigenvalue weighted by Crippen LogP contribution is 2.46. The van der Waals surface area contributed by atoms with Crippen LogP contribution in [-0.4, -0.2) is 40.1 Å². The van der Waals surface area contributed by atoms with Crippen LogP contribution in [0.5, 0.6) is 11.6 Å². The summed E-state index contributed by atoms with van der Waals surface area (Å²) >= 11 is 1.46. The van der Waals surface area contributed by atoms with E-state index >= 15 is 4.39 Å². The number of hydrogen-bond donors (Lipinski definition) is 1. The number of nitrogens with one attached hydrogen (secondary N) is 1. The maximum Gasteiger partial charge on any atom is 0.244 e. The summed E-state index contributed by atoms with van der Waals surface area (Å²) < 4.78 is 62.0. The lowest BCUT2D eigenvalue weighted by atomic mass is 10.0. The van der Waals surface area contributed by atoms with Crippen molar-refractivity contribution in [1.82, 2.24) is 18.5 Å². The number of nitrogens with zero attached hydrogens (tertiary/aromatic N) is 4. The summed E-state index contributed by atoms with van der Waals surface area (Å²) in [5.74, 6) is 2.39. The van der Waals surface area contributed by atoms with Crippen LogP contribution in [0, 0.1) is 5.82 Å². The average Bonchev–Trinajstić information content (AvgIpc) is 3.31. The van der Waals surface area contributed by atoms with Gasteiger partial charge in [-0.2, -0.15) is 13.8 Å². The largest absolute Gasteiger partial charge is 0.497 e. The summed E-state index contributed by atoms with van der Waals surface area (Å²) in [6.45, 7) is 6.26. The lowest BCUT2D eigenvalue weighted by Crippen LogP contribution is -2.25. The van der Waals surface area contributed by atoms with E-state index in [1.165, 1.54) is 46.4 Å². The molecule has 2 atom stereocenters. The van der Waals surface area contributed by atoms with Crippen LogP contribution in [0.3, 0.4) is 0 Å². The van der Waals surface area contributed by atoms with Gasteiger partial charge in [-0.3, -0.25) is 0 Å². The molecule has 2 saturated carbocycles. The van der Waals surface area contributed by atoms with Gasteiger partial charge in [-0.1, -0.05) is 12.1 Å². The Kier molecular flexibility index (Phi) is 7.65. The molecule has 0 spiro atoms. The fraction of sp³-hybridized carbons (Fsp3) is 0.455. The smallest absolute Gasteiger partial charge is 0.244 e. The van der Waals surface area contributed by atoms with Crippen molar-refractivity contribution in [2.24, 2.45) is 0 Å². The zero-order valence-corrected chi connectivity index (χ0v) is 27.5. The van der Waals surface area contributed by atoms with Gasteiger partial charge in [0.15, 0.2) is 5.82 Å². The van der Waals surface area contributed by atoms with Crippen LogP contribution in [0.25, 0.3) is 0 Å². The summed E-state index contributed by atoms with van der Waals surface area (Å²) in [5, 5.41) is 10.4. The second-order valence-corrected chi connectivity index (χ2v) is 15.8. The van der Waals surface area contributed by atoms with Gasteiger partial charge in [0.25, 0.3) is 0 Å². The van der Waals surface area contributed by atoms with Crippen molar-refractivity contribution in [3.05, 3.63) is 76.0 Å². The van der Waals surface area contributed by atoms with E-state index in [9.17, 15) is 8.42 Å². The molecule has 2 aromatic carbocycles. The van der Waals surface area contributed by atoms with Crippen molar-refractivity contribution in [3.8, 4) is 11.6 Å². The molecule has 238 valence electrons. The molecule has 0 bridgehead atoms. The number of halogens is 1. The number of ether oxygens (including phenoxy) is 2. The summed E-state index contributed by atoms with van der Waals surface area (Å²) in [6.07, 6.45) is 5.23. The van der Waals surface area contributed by atoms with Crippen molar-refractivity contribution in [1.29, 1.82) is 0 Å². The fourth-order valence-corrected chi connectivity index (χ4v) is 8.67. The van der Waals surface area contributed by atoms with E-state index in [2.05, 4.69) is 35.8 Å². The molecule has 3 heterocycles. The Bertz CT molecular complexity index is 1830. The van der Waals surface area contributed by atoms with Crippen LogP contribution in [0.2, 0.25) is 0 Å². The first kappa shape index (κ1) is 30.2. The minimum absolute atomic E-state index is 0.00559. The molecule has 2 aliphatic carbocycles. The molecule has 7 rings (SSSR count). The van der Waals surface area contributed by atoms with Gasteiger partial charge in [-0.15, -0.1) is 0 Å². The maximum atomic E-state index is 16.1. The number of aromatic nitrogens is 3. The molecule has 0 amide bonds. The predicted octanol–water partition coefficient (Wildman–Crippen LogP) is 7.28. The van der Waals surface area contributed by atoms with Gasteiger partial charge < -0.3 is 14.8 Å². The summed E-state index contributed by atoms with van der Waals surface area (Å²) in [6, 6.07) is 12.2. The third-order valence-electron chi connectivity index (χ3n) is 8.96. The zero-order valence-electron chi connectivity index (χ0n) is 25.9. The molecule has 9 nitrogen and oxygen atoms in total. The number of fused-ring (bicyclic) bond motifs is 1. The van der Waals surface area contributed by atoms with Crippen molar-refractivity contribution in [3.63, 3.8) is 0 Å². The lowest BCUT2D eigenvalue weighted by Gasteiger charge is -2.23. The second-order valence-electron chi connectivity index (χ2n) is 13.3. The Morgan fingerprint density at radius 2 is 1.82 bits per heavy atom. The van der Waals surface area contributed by atoms with Crippen LogP contribution < -0.4 is 14.8 Å². The Labute approximate surface area is 267 Å². The number of methoxy groups -OCH3 is 1. The van der Waals surface area contributed by atoms with Gasteiger partial charge in [0, 0.05) is 41.6 Å². The van der Waals surface area contributed by atoms with E-state index in [-0.39, 0.29) is 46.8 Å². The average molecular weight is 652 g/mol. The number of anilines is 2. The molecular weight excluding hydrogens is 614 g/mol. The molecular formula is C33H38FN5O4S2. The van der Waals surface area contributed by atoms with Crippen molar-refractivity contribution < 1.29 is 22.3 Å². The first-order valence-corrected chi connectivity index (χ1v) is 17.7. The first-order valence-electron chi connectivity index (χ1n) is 15.4. The van der Waals surface area contributed by atoms with E-state index in [1.54, 1.807) is 19.2 Å². The predicted molar refractivity (Wildman–Crippen MR) is 171 cm³/mol. The third kappa shape index (κ3) is 5.83. The van der Waals surface area contributed by atoms with Crippen LogP contribution in [-0.2, 0) is 28.7 Å². The lowest BCUT2D eigenvalue weighted by molar-refractivity contribution is 0.199. The molecule has 1 N–H and O–H groups in total. The van der Waals surface area contributed by atoms with E-state index in [0.717, 1.165) is 36.4 Å². The minimum Gasteiger partial charge on any atom is -0.497 e. The van der Waals surface area contributed by atoms with Gasteiger partial charge in [0.2, 0.25) is 15.9 Å². The zero-order chi connectivity index (χ0) is 31.5. The van der Waals surface area contributed by atoms with Gasteiger partial charge >= 0.3 is 0 Å². The van der Waals surface area contributed by atoms with E-state index in [1.807, 2.05) is 22.9 Å². The quantitative estimate of drug-likeness (QED) is 0.203. The molecule has 45 heavy (non-hydrogen) atoms. The highest BCUT2D eigenvalue weighted by Gasteiger charge is 2.38. The minimum atomic E-state index is -3.84. The molecule has 0 radical (unpaired) electrons. The van der Waals surface area contributed by atoms with Crippen molar-refractivity contribution in [2.75, 3.05) is 12.4 Å². The third-order valence-corrected chi connectivity index (χ3v) is 11.5. The number of sulfonamides is 1. The Morgan fingerprint density at radius 3 is 2.53 bits per heavy atom. The van der Waals surface area contributed by atoms with Gasteiger partial charge in [-0.25, -0.2) is 17.5 Å². The molecule has 1 aliphatic heterocycles. The Morgan fingerprint density at radius 1 is 1.07 bits per heavy atom. The van der Waals surface area contributed by atoms with Crippen LogP contribution >= 0.6 is 11.5 Å². The van der Waals surface area contributed by atoms with E-state index < -0.39 is 15.8 Å². The topological polar surface area (TPSA) is 98.6 Å². The molecule has 12 heteroatoms. The number of rotatable bonds is 9. The molecule has 2 aromatic heterocycles. The van der Waals surface area contributed by atoms with Crippen LogP contribution in [0.1, 0.15) is 87.1 Å². The number of hydrogen-bond acceptors (Lipinski definition) is 8. The summed E-state index contributed by atoms with van der Waals surface area (Å²) in [5.41, 5.74) is 2.99. The molecule has 0 saturated heterocycles. The standard InChI is InChI=1S/C33H38FN5O4S2/c1-33(2,3)39-30(16-28(36-39)22-9-12-24(15-22)43-32-26(19-44-37-32)21-7-8-21)35-27-13-14-29-25(31(27)34)18-38(45(29,40)41)17-20-5-10-23(42-4)11-6-20/h5-6,10-11,13-14,16,19,21-22,24,35H,7-9,12,15,17-18H2,1-4H3. The second kappa shape index (κ2) is 11.4. The molecule has 4 aromatic rings.